The fourth-order valence-corrected chi connectivity index (χ4v) is 3.39. The minimum absolute atomic E-state index is 0.0790. The quantitative estimate of drug-likeness (QED) is 0.626. The number of nitrogens with zero attached hydrogens (tertiary/aromatic N) is 1. The predicted octanol–water partition coefficient (Wildman–Crippen LogP) is 3.61. The lowest BCUT2D eigenvalue weighted by molar-refractivity contribution is -0.0499. The first-order chi connectivity index (χ1) is 11.7. The number of hydrogen-bond acceptors (Lipinski definition) is 4. The van der Waals surface area contributed by atoms with Crippen LogP contribution in [0.2, 0.25) is 0 Å². The van der Waals surface area contributed by atoms with Crippen molar-refractivity contribution in [2.24, 2.45) is 5.10 Å². The molecule has 1 N–H and O–H groups in total. The fourth-order valence-electron chi connectivity index (χ4n) is 2.20. The highest BCUT2D eigenvalue weighted by molar-refractivity contribution is 7.89. The topological polar surface area (TPSA) is 67.8 Å². The monoisotopic (exact) mass is 368 g/mol. The van der Waals surface area contributed by atoms with Gasteiger partial charge in [-0.3, -0.25) is 0 Å². The molecular formula is C17H18F2N2O3S. The number of halogens is 2. The molecule has 5 nitrogen and oxygen atoms in total. The smallest absolute Gasteiger partial charge is 0.387 e. The summed E-state index contributed by atoms with van der Waals surface area (Å²) < 4.78 is 54.2. The number of hydrogen-bond donors (Lipinski definition) is 1. The van der Waals surface area contributed by atoms with E-state index in [1.807, 2.05) is 0 Å². The van der Waals surface area contributed by atoms with Crippen LogP contribution < -0.4 is 9.57 Å². The van der Waals surface area contributed by atoms with Gasteiger partial charge in [0, 0.05) is 5.56 Å². The second-order valence-corrected chi connectivity index (χ2v) is 7.06. The normalized spacial score (nSPS) is 12.3. The predicted molar refractivity (Wildman–Crippen MR) is 91.5 cm³/mol. The van der Waals surface area contributed by atoms with E-state index in [1.165, 1.54) is 31.2 Å². The number of aryl methyl sites for hydroxylation is 2. The highest BCUT2D eigenvalue weighted by Crippen LogP contribution is 2.21. The second kappa shape index (κ2) is 7.60. The molecule has 2 aromatic carbocycles. The third kappa shape index (κ3) is 4.76. The third-order valence-corrected chi connectivity index (χ3v) is 4.81. The van der Waals surface area contributed by atoms with Gasteiger partial charge >= 0.3 is 6.61 Å². The molecule has 8 heteroatoms. The maximum atomic E-state index is 12.5. The van der Waals surface area contributed by atoms with Crippen LogP contribution in [-0.4, -0.2) is 20.7 Å². The van der Waals surface area contributed by atoms with E-state index in [2.05, 4.69) is 14.7 Å². The number of rotatable bonds is 6. The second-order valence-electron chi connectivity index (χ2n) is 5.44. The summed E-state index contributed by atoms with van der Waals surface area (Å²) in [5.74, 6) is -0.0790. The first-order valence-corrected chi connectivity index (χ1v) is 8.86. The van der Waals surface area contributed by atoms with Gasteiger partial charge in [0.05, 0.1) is 10.6 Å². The molecule has 0 unspecified atom stereocenters. The summed E-state index contributed by atoms with van der Waals surface area (Å²) in [5.41, 5.74) is 1.84. The van der Waals surface area contributed by atoms with Crippen LogP contribution in [0.5, 0.6) is 5.75 Å². The molecule has 25 heavy (non-hydrogen) atoms. The van der Waals surface area contributed by atoms with E-state index in [1.54, 1.807) is 32.0 Å². The number of ether oxygens (including phenoxy) is 1. The van der Waals surface area contributed by atoms with Crippen molar-refractivity contribution in [1.29, 1.82) is 0 Å². The van der Waals surface area contributed by atoms with Gasteiger partial charge in [0.1, 0.15) is 5.75 Å². The fraction of sp³-hybridized carbons (Fsp3) is 0.235. The number of benzene rings is 2. The Morgan fingerprint density at radius 1 is 1.16 bits per heavy atom. The molecule has 0 aliphatic heterocycles. The van der Waals surface area contributed by atoms with Crippen molar-refractivity contribution < 1.29 is 21.9 Å². The molecular weight excluding hydrogens is 350 g/mol. The summed E-state index contributed by atoms with van der Waals surface area (Å²) in [4.78, 5) is 2.25. The number of alkyl halides is 2. The Balaban J connectivity index is 2.31. The Bertz CT molecular complexity index is 897. The van der Waals surface area contributed by atoms with Crippen LogP contribution in [0.1, 0.15) is 23.6 Å². The van der Waals surface area contributed by atoms with Crippen LogP contribution in [0, 0.1) is 13.8 Å². The number of para-hydroxylation sites is 1. The SMILES string of the molecule is C/C(=N/NS(=O)(=O)c1cc(C)ccc1C)c1ccccc1OC(F)F. The Hall–Kier alpha value is -2.48. The van der Waals surface area contributed by atoms with E-state index >= 15 is 0 Å². The molecule has 0 fully saturated rings. The van der Waals surface area contributed by atoms with E-state index in [0.29, 0.717) is 5.56 Å². The zero-order valence-corrected chi connectivity index (χ0v) is 14.8. The van der Waals surface area contributed by atoms with E-state index in [4.69, 9.17) is 0 Å². The molecule has 2 rings (SSSR count). The van der Waals surface area contributed by atoms with Gasteiger partial charge in [-0.25, -0.2) is 0 Å². The molecule has 0 heterocycles. The van der Waals surface area contributed by atoms with Crippen LogP contribution in [0.3, 0.4) is 0 Å². The van der Waals surface area contributed by atoms with Crippen molar-refractivity contribution in [1.82, 2.24) is 4.83 Å². The van der Waals surface area contributed by atoms with Gasteiger partial charge in [0.2, 0.25) is 0 Å². The van der Waals surface area contributed by atoms with E-state index < -0.39 is 16.6 Å². The van der Waals surface area contributed by atoms with Crippen LogP contribution in [0.4, 0.5) is 8.78 Å². The zero-order valence-electron chi connectivity index (χ0n) is 14.0. The minimum Gasteiger partial charge on any atom is -0.434 e. The Morgan fingerprint density at radius 2 is 1.84 bits per heavy atom. The summed E-state index contributed by atoms with van der Waals surface area (Å²) in [6.45, 7) is 1.97. The van der Waals surface area contributed by atoms with Crippen LogP contribution >= 0.6 is 0 Å². The number of hydrazone groups is 1. The molecule has 0 radical (unpaired) electrons. The maximum absolute atomic E-state index is 12.5. The molecule has 0 bridgehead atoms. The standard InChI is InChI=1S/C17H18F2N2O3S/c1-11-8-9-12(2)16(10-11)25(22,23)21-20-13(3)14-6-4-5-7-15(14)24-17(18)19/h4-10,17,21H,1-3H3/b20-13-. The van der Waals surface area contributed by atoms with Gasteiger partial charge in [-0.1, -0.05) is 24.3 Å². The van der Waals surface area contributed by atoms with Crippen molar-refractivity contribution in [3.63, 3.8) is 0 Å². The van der Waals surface area contributed by atoms with Gasteiger partial charge in [-0.2, -0.15) is 27.1 Å². The molecule has 134 valence electrons. The van der Waals surface area contributed by atoms with Crippen molar-refractivity contribution in [3.05, 3.63) is 59.2 Å². The Kier molecular flexibility index (Phi) is 5.73. The average molecular weight is 368 g/mol. The highest BCUT2D eigenvalue weighted by Gasteiger charge is 2.17. The van der Waals surface area contributed by atoms with Gasteiger partial charge in [0.25, 0.3) is 10.0 Å². The molecule has 0 saturated carbocycles. The van der Waals surface area contributed by atoms with Crippen LogP contribution in [0.15, 0.2) is 52.5 Å². The van der Waals surface area contributed by atoms with Crippen LogP contribution in [0.25, 0.3) is 0 Å². The lowest BCUT2D eigenvalue weighted by Gasteiger charge is -2.11. The summed E-state index contributed by atoms with van der Waals surface area (Å²) in [7, 11) is -3.88. The maximum Gasteiger partial charge on any atom is 0.387 e. The molecule has 0 atom stereocenters. The van der Waals surface area contributed by atoms with Gasteiger partial charge < -0.3 is 4.74 Å². The Morgan fingerprint density at radius 3 is 2.52 bits per heavy atom. The molecule has 2 aromatic rings. The Labute approximate surface area is 145 Å². The van der Waals surface area contributed by atoms with Crippen molar-refractivity contribution >= 4 is 15.7 Å². The highest BCUT2D eigenvalue weighted by atomic mass is 32.2. The minimum atomic E-state index is -3.88. The summed E-state index contributed by atoms with van der Waals surface area (Å²) >= 11 is 0. The van der Waals surface area contributed by atoms with Crippen molar-refractivity contribution in [2.75, 3.05) is 0 Å². The summed E-state index contributed by atoms with van der Waals surface area (Å²) in [6.07, 6.45) is 0. The number of nitrogens with one attached hydrogen (secondary N) is 1. The van der Waals surface area contributed by atoms with Crippen molar-refractivity contribution in [2.45, 2.75) is 32.3 Å². The van der Waals surface area contributed by atoms with E-state index in [0.717, 1.165) is 5.56 Å². The average Bonchev–Trinajstić information content (AvgIpc) is 2.55. The molecule has 0 aliphatic rings. The number of sulfonamides is 1. The first kappa shape index (κ1) is 18.9. The van der Waals surface area contributed by atoms with Gasteiger partial charge in [-0.05, 0) is 50.1 Å². The zero-order chi connectivity index (χ0) is 18.6. The molecule has 0 spiro atoms. The summed E-state index contributed by atoms with van der Waals surface area (Å²) in [6, 6.07) is 11.1. The molecule has 0 aromatic heterocycles. The molecule has 0 amide bonds. The van der Waals surface area contributed by atoms with E-state index in [9.17, 15) is 17.2 Å². The van der Waals surface area contributed by atoms with Crippen molar-refractivity contribution in [3.8, 4) is 5.75 Å². The van der Waals surface area contributed by atoms with Crippen LogP contribution in [-0.2, 0) is 10.0 Å². The molecule has 0 aliphatic carbocycles. The lowest BCUT2D eigenvalue weighted by atomic mass is 10.1. The van der Waals surface area contributed by atoms with Gasteiger partial charge in [-0.15, -0.1) is 0 Å². The third-order valence-electron chi connectivity index (χ3n) is 3.46. The summed E-state index contributed by atoms with van der Waals surface area (Å²) in [5, 5.41) is 3.83. The first-order valence-electron chi connectivity index (χ1n) is 7.38. The van der Waals surface area contributed by atoms with Gasteiger partial charge in [0.15, 0.2) is 0 Å². The largest absolute Gasteiger partial charge is 0.434 e. The lowest BCUT2D eigenvalue weighted by Crippen LogP contribution is -2.21. The van der Waals surface area contributed by atoms with E-state index in [-0.39, 0.29) is 21.9 Å². The molecule has 0 saturated heterocycles.